The summed E-state index contributed by atoms with van der Waals surface area (Å²) in [5.74, 6) is 0.0162. The smallest absolute Gasteiger partial charge is 0.205 e. The molecule has 0 atom stereocenters. The summed E-state index contributed by atoms with van der Waals surface area (Å²) in [6, 6.07) is 9.25. The summed E-state index contributed by atoms with van der Waals surface area (Å²) in [7, 11) is 0. The van der Waals surface area contributed by atoms with Crippen LogP contribution in [0.1, 0.15) is 49.7 Å². The van der Waals surface area contributed by atoms with Crippen molar-refractivity contribution in [1.82, 2.24) is 4.98 Å². The highest BCUT2D eigenvalue weighted by Crippen LogP contribution is 2.36. The molecule has 1 aliphatic rings. The van der Waals surface area contributed by atoms with E-state index in [4.69, 9.17) is 5.73 Å². The Balaban J connectivity index is 1.85. The molecule has 1 aromatic carbocycles. The van der Waals surface area contributed by atoms with Gasteiger partial charge < -0.3 is 5.73 Å². The number of carbonyl (C=O) groups is 2. The molecule has 0 saturated heterocycles. The zero-order valence-corrected chi connectivity index (χ0v) is 14.1. The molecule has 0 unspecified atom stereocenters. The first kappa shape index (κ1) is 15.0. The molecular weight excluding hydrogens is 320 g/mol. The van der Waals surface area contributed by atoms with Crippen molar-refractivity contribution in [2.75, 3.05) is 5.73 Å². The number of anilines is 1. The van der Waals surface area contributed by atoms with E-state index in [1.165, 1.54) is 11.3 Å². The number of fused-ring (bicyclic) bond motifs is 2. The number of hydrogen-bond donors (Lipinski definition) is 1. The molecule has 0 aliphatic heterocycles. The minimum atomic E-state index is -0.0974. The molecule has 0 fully saturated rings. The van der Waals surface area contributed by atoms with E-state index < -0.39 is 0 Å². The van der Waals surface area contributed by atoms with E-state index >= 15 is 0 Å². The molecule has 4 nitrogen and oxygen atoms in total. The maximum Gasteiger partial charge on any atom is 0.205 e. The van der Waals surface area contributed by atoms with Gasteiger partial charge in [-0.15, -0.1) is 11.3 Å². The monoisotopic (exact) mass is 336 g/mol. The van der Waals surface area contributed by atoms with Crippen molar-refractivity contribution in [3.05, 3.63) is 57.6 Å². The lowest BCUT2D eigenvalue weighted by Crippen LogP contribution is -2.12. The molecule has 2 aromatic heterocycles. The Morgan fingerprint density at radius 2 is 1.96 bits per heavy atom. The summed E-state index contributed by atoms with van der Waals surface area (Å²) in [5.41, 5.74) is 9.85. The van der Waals surface area contributed by atoms with Crippen molar-refractivity contribution in [2.24, 2.45) is 0 Å². The molecule has 0 bridgehead atoms. The van der Waals surface area contributed by atoms with Crippen LogP contribution >= 0.6 is 11.3 Å². The molecule has 2 N–H and O–H groups in total. The van der Waals surface area contributed by atoms with Crippen LogP contribution in [0.5, 0.6) is 0 Å². The fourth-order valence-corrected chi connectivity index (χ4v) is 4.12. The number of ketones is 2. The maximum atomic E-state index is 12.8. The average molecular weight is 336 g/mol. The number of hydrogen-bond acceptors (Lipinski definition) is 5. The molecule has 3 aromatic rings. The highest BCUT2D eigenvalue weighted by Gasteiger charge is 2.24. The molecule has 0 amide bonds. The number of nitrogens with zero attached hydrogens (tertiary/aromatic N) is 1. The van der Waals surface area contributed by atoms with Gasteiger partial charge in [-0.25, -0.2) is 4.98 Å². The van der Waals surface area contributed by atoms with Crippen LogP contribution in [0.4, 0.5) is 5.69 Å². The second kappa shape index (κ2) is 5.53. The maximum absolute atomic E-state index is 12.8. The summed E-state index contributed by atoms with van der Waals surface area (Å²) in [6.45, 7) is 1.98. The topological polar surface area (TPSA) is 73.1 Å². The van der Waals surface area contributed by atoms with Crippen LogP contribution in [-0.2, 0) is 6.42 Å². The van der Waals surface area contributed by atoms with E-state index in [1.807, 2.05) is 37.3 Å². The number of pyridine rings is 1. The van der Waals surface area contributed by atoms with Gasteiger partial charge in [0.05, 0.1) is 11.4 Å². The lowest BCUT2D eigenvalue weighted by atomic mass is 9.94. The first-order valence-electron chi connectivity index (χ1n) is 7.91. The van der Waals surface area contributed by atoms with Gasteiger partial charge in [-0.05, 0) is 25.8 Å². The van der Waals surface area contributed by atoms with Crippen LogP contribution in [0.2, 0.25) is 0 Å². The minimum absolute atomic E-state index is 0.0974. The summed E-state index contributed by atoms with van der Waals surface area (Å²) in [5, 5.41) is 0.712. The van der Waals surface area contributed by atoms with Crippen LogP contribution in [0.25, 0.3) is 10.2 Å². The minimum Gasteiger partial charge on any atom is -0.397 e. The number of carbonyl (C=O) groups excluding carboxylic acids is 2. The van der Waals surface area contributed by atoms with E-state index in [9.17, 15) is 9.59 Å². The van der Waals surface area contributed by atoms with Gasteiger partial charge >= 0.3 is 0 Å². The number of aryl methyl sites for hydroxylation is 2. The molecule has 5 heteroatoms. The largest absolute Gasteiger partial charge is 0.397 e. The molecular formula is C19H16N2O2S. The molecule has 4 rings (SSSR count). The predicted molar refractivity (Wildman–Crippen MR) is 95.9 cm³/mol. The van der Waals surface area contributed by atoms with Crippen LogP contribution < -0.4 is 5.73 Å². The molecule has 0 spiro atoms. The Morgan fingerprint density at radius 3 is 2.71 bits per heavy atom. The first-order valence-corrected chi connectivity index (χ1v) is 8.72. The van der Waals surface area contributed by atoms with E-state index in [-0.39, 0.29) is 11.6 Å². The highest BCUT2D eigenvalue weighted by atomic mass is 32.1. The standard InChI is InChI=1S/C19H16N2O2S/c1-10-5-7-11(8-6-10)17(23)18-16(20)13-9-12-14(21-19(13)24-18)3-2-4-15(12)22/h5-9H,2-4,20H2,1H3. The van der Waals surface area contributed by atoms with Crippen LogP contribution in [0.15, 0.2) is 30.3 Å². The van der Waals surface area contributed by atoms with Crippen molar-refractivity contribution in [2.45, 2.75) is 26.2 Å². The predicted octanol–water partition coefficient (Wildman–Crippen LogP) is 3.94. The second-order valence-electron chi connectivity index (χ2n) is 6.15. The van der Waals surface area contributed by atoms with Crippen LogP contribution in [-0.4, -0.2) is 16.6 Å². The van der Waals surface area contributed by atoms with Crippen molar-refractivity contribution < 1.29 is 9.59 Å². The Hall–Kier alpha value is -2.53. The Kier molecular flexibility index (Phi) is 3.46. The molecule has 24 heavy (non-hydrogen) atoms. The third kappa shape index (κ3) is 2.32. The van der Waals surface area contributed by atoms with Crippen LogP contribution in [0, 0.1) is 6.92 Å². The normalized spacial score (nSPS) is 14.0. The fourth-order valence-electron chi connectivity index (χ4n) is 3.06. The lowest BCUT2D eigenvalue weighted by molar-refractivity contribution is 0.0971. The summed E-state index contributed by atoms with van der Waals surface area (Å²) < 4.78 is 0. The van der Waals surface area contributed by atoms with Crippen molar-refractivity contribution in [3.8, 4) is 0 Å². The number of nitrogens with two attached hydrogens (primary N) is 1. The summed E-state index contributed by atoms with van der Waals surface area (Å²) >= 11 is 1.31. The van der Waals surface area contributed by atoms with E-state index in [1.54, 1.807) is 0 Å². The summed E-state index contributed by atoms with van der Waals surface area (Å²) in [6.07, 6.45) is 2.19. The van der Waals surface area contributed by atoms with Crippen molar-refractivity contribution in [3.63, 3.8) is 0 Å². The van der Waals surface area contributed by atoms with Gasteiger partial charge in [0, 0.05) is 22.9 Å². The third-order valence-electron chi connectivity index (χ3n) is 4.44. The van der Waals surface area contributed by atoms with E-state index in [0.29, 0.717) is 33.5 Å². The number of rotatable bonds is 2. The lowest BCUT2D eigenvalue weighted by Gasteiger charge is -2.13. The van der Waals surface area contributed by atoms with Gasteiger partial charge in [0.25, 0.3) is 0 Å². The number of benzene rings is 1. The third-order valence-corrected chi connectivity index (χ3v) is 5.55. The Bertz CT molecular complexity index is 987. The molecule has 0 radical (unpaired) electrons. The first-order chi connectivity index (χ1) is 11.5. The van der Waals surface area contributed by atoms with E-state index in [0.717, 1.165) is 28.9 Å². The number of Topliss-reactive ketones (excluding diaryl/α,β-unsaturated/α-hetero) is 1. The highest BCUT2D eigenvalue weighted by molar-refractivity contribution is 7.21. The van der Waals surface area contributed by atoms with E-state index in [2.05, 4.69) is 4.98 Å². The number of thiophene rings is 1. The quantitative estimate of drug-likeness (QED) is 0.720. The Labute approximate surface area is 143 Å². The van der Waals surface area contributed by atoms with Gasteiger partial charge in [0.15, 0.2) is 5.78 Å². The Morgan fingerprint density at radius 1 is 1.21 bits per heavy atom. The number of aromatic nitrogens is 1. The molecule has 0 saturated carbocycles. The van der Waals surface area contributed by atoms with Gasteiger partial charge in [-0.3, -0.25) is 9.59 Å². The fraction of sp³-hybridized carbons (Fsp3) is 0.211. The molecule has 1 aliphatic carbocycles. The molecule has 2 heterocycles. The number of nitrogen functional groups attached to an aromatic ring is 1. The van der Waals surface area contributed by atoms with Gasteiger partial charge in [0.2, 0.25) is 5.78 Å². The van der Waals surface area contributed by atoms with Gasteiger partial charge in [-0.1, -0.05) is 29.8 Å². The van der Waals surface area contributed by atoms with Crippen LogP contribution in [0.3, 0.4) is 0 Å². The van der Waals surface area contributed by atoms with Crippen molar-refractivity contribution in [1.29, 1.82) is 0 Å². The zero-order chi connectivity index (χ0) is 16.8. The van der Waals surface area contributed by atoms with Crippen molar-refractivity contribution >= 4 is 38.8 Å². The summed E-state index contributed by atoms with van der Waals surface area (Å²) in [4.78, 5) is 30.7. The van der Waals surface area contributed by atoms with Gasteiger partial charge in [-0.2, -0.15) is 0 Å². The SMILES string of the molecule is Cc1ccc(C(=O)c2sc3nc4c(cc3c2N)C(=O)CCC4)cc1. The zero-order valence-electron chi connectivity index (χ0n) is 13.3. The molecule has 120 valence electrons. The average Bonchev–Trinajstić information content (AvgIpc) is 2.90. The second-order valence-corrected chi connectivity index (χ2v) is 7.15. The van der Waals surface area contributed by atoms with Gasteiger partial charge in [0.1, 0.15) is 9.71 Å².